The minimum absolute atomic E-state index is 0.0262. The highest BCUT2D eigenvalue weighted by Gasteiger charge is 2.25. The number of fused-ring (bicyclic) bond motifs is 1. The second kappa shape index (κ2) is 5.15. The van der Waals surface area contributed by atoms with Crippen molar-refractivity contribution in [2.24, 2.45) is 0 Å². The molecule has 0 aliphatic carbocycles. The molecule has 0 saturated heterocycles. The summed E-state index contributed by atoms with van der Waals surface area (Å²) in [4.78, 5) is 22.7. The molecule has 20 heavy (non-hydrogen) atoms. The number of carboxylic acids is 1. The lowest BCUT2D eigenvalue weighted by Crippen LogP contribution is -2.21. The number of oxazole rings is 1. The van der Waals surface area contributed by atoms with Crippen molar-refractivity contribution in [3.8, 4) is 0 Å². The van der Waals surface area contributed by atoms with E-state index < -0.39 is 11.4 Å². The van der Waals surface area contributed by atoms with Crippen molar-refractivity contribution in [1.29, 1.82) is 0 Å². The van der Waals surface area contributed by atoms with Gasteiger partial charge in [-0.1, -0.05) is 26.8 Å². The van der Waals surface area contributed by atoms with E-state index in [0.717, 1.165) is 17.5 Å². The number of aryl methyl sites for hydroxylation is 1. The Morgan fingerprint density at radius 3 is 2.70 bits per heavy atom. The molecule has 2 rings (SSSR count). The van der Waals surface area contributed by atoms with E-state index in [4.69, 9.17) is 9.52 Å². The molecule has 0 radical (unpaired) electrons. The molecule has 0 unspecified atom stereocenters. The fraction of sp³-hybridized carbons (Fsp3) is 0.467. The molecule has 1 aromatic carbocycles. The van der Waals surface area contributed by atoms with Crippen molar-refractivity contribution in [2.45, 2.75) is 45.6 Å². The van der Waals surface area contributed by atoms with Gasteiger partial charge >= 0.3 is 11.7 Å². The van der Waals surface area contributed by atoms with E-state index in [2.05, 4.69) is 0 Å². The van der Waals surface area contributed by atoms with E-state index in [1.165, 1.54) is 0 Å². The summed E-state index contributed by atoms with van der Waals surface area (Å²) in [6.07, 6.45) is 0.874. The maximum atomic E-state index is 11.8. The number of hydrogen-bond donors (Lipinski definition) is 1. The van der Waals surface area contributed by atoms with Gasteiger partial charge in [0.1, 0.15) is 0 Å². The van der Waals surface area contributed by atoms with Crippen LogP contribution >= 0.6 is 0 Å². The molecule has 0 atom stereocenters. The zero-order valence-electron chi connectivity index (χ0n) is 12.0. The summed E-state index contributed by atoms with van der Waals surface area (Å²) in [5, 5.41) is 8.96. The first kappa shape index (κ1) is 14.4. The third-order valence-corrected chi connectivity index (χ3v) is 3.49. The van der Waals surface area contributed by atoms with Crippen LogP contribution in [-0.2, 0) is 16.8 Å². The van der Waals surface area contributed by atoms with Crippen LogP contribution in [0.4, 0.5) is 0 Å². The zero-order chi connectivity index (χ0) is 14.9. The van der Waals surface area contributed by atoms with Gasteiger partial charge in [0.2, 0.25) is 0 Å². The SMILES string of the molecule is CCCn1c(=O)oc2cc(C(C)(C)CC(=O)O)ccc21. The van der Waals surface area contributed by atoms with Crippen molar-refractivity contribution >= 4 is 17.1 Å². The van der Waals surface area contributed by atoms with E-state index >= 15 is 0 Å². The van der Waals surface area contributed by atoms with Gasteiger partial charge in [-0.15, -0.1) is 0 Å². The molecule has 0 bridgehead atoms. The number of aliphatic carboxylic acids is 1. The molecule has 1 N–H and O–H groups in total. The summed E-state index contributed by atoms with van der Waals surface area (Å²) in [5.41, 5.74) is 1.61. The van der Waals surface area contributed by atoms with Gasteiger partial charge in [0.25, 0.3) is 0 Å². The molecule has 1 aromatic heterocycles. The van der Waals surface area contributed by atoms with Gasteiger partial charge in [-0.25, -0.2) is 4.79 Å². The first-order valence-electron chi connectivity index (χ1n) is 6.71. The molecule has 5 heteroatoms. The van der Waals surface area contributed by atoms with Crippen LogP contribution in [0.5, 0.6) is 0 Å². The molecule has 1 heterocycles. The lowest BCUT2D eigenvalue weighted by atomic mass is 9.81. The Balaban J connectivity index is 2.50. The standard InChI is InChI=1S/C15H19NO4/c1-4-7-16-11-6-5-10(8-12(11)20-14(16)19)15(2,3)9-13(17)18/h5-6,8H,4,7,9H2,1-3H3,(H,17,18). The number of benzene rings is 1. The van der Waals surface area contributed by atoms with Crippen LogP contribution < -0.4 is 5.76 Å². The largest absolute Gasteiger partial charge is 0.481 e. The summed E-state index contributed by atoms with van der Waals surface area (Å²) in [7, 11) is 0. The first-order chi connectivity index (χ1) is 9.35. The summed E-state index contributed by atoms with van der Waals surface area (Å²) in [6, 6.07) is 5.47. The predicted molar refractivity (Wildman–Crippen MR) is 76.0 cm³/mol. The Morgan fingerprint density at radius 1 is 1.40 bits per heavy atom. The van der Waals surface area contributed by atoms with Crippen molar-refractivity contribution < 1.29 is 14.3 Å². The van der Waals surface area contributed by atoms with E-state index in [-0.39, 0.29) is 12.2 Å². The number of rotatable bonds is 5. The minimum Gasteiger partial charge on any atom is -0.481 e. The van der Waals surface area contributed by atoms with Crippen LogP contribution in [-0.4, -0.2) is 15.6 Å². The van der Waals surface area contributed by atoms with Gasteiger partial charge in [-0.3, -0.25) is 9.36 Å². The van der Waals surface area contributed by atoms with Gasteiger partial charge < -0.3 is 9.52 Å². The molecular formula is C15H19NO4. The molecule has 108 valence electrons. The number of aromatic nitrogens is 1. The average molecular weight is 277 g/mol. The highest BCUT2D eigenvalue weighted by molar-refractivity contribution is 5.75. The topological polar surface area (TPSA) is 72.4 Å². The molecule has 2 aromatic rings. The summed E-state index contributed by atoms with van der Waals surface area (Å²) in [5.74, 6) is -1.21. The molecule has 0 saturated carbocycles. The third kappa shape index (κ3) is 2.61. The predicted octanol–water partition coefficient (Wildman–Crippen LogP) is 2.76. The van der Waals surface area contributed by atoms with Crippen molar-refractivity contribution in [2.75, 3.05) is 0 Å². The highest BCUT2D eigenvalue weighted by atomic mass is 16.4. The normalized spacial score (nSPS) is 11.9. The second-order valence-electron chi connectivity index (χ2n) is 5.66. The van der Waals surface area contributed by atoms with Crippen molar-refractivity contribution in [3.05, 3.63) is 34.3 Å². The fourth-order valence-corrected chi connectivity index (χ4v) is 2.40. The van der Waals surface area contributed by atoms with Crippen LogP contribution in [0.3, 0.4) is 0 Å². The first-order valence-corrected chi connectivity index (χ1v) is 6.71. The Bertz CT molecular complexity index is 693. The van der Waals surface area contributed by atoms with E-state index in [0.29, 0.717) is 12.1 Å². The quantitative estimate of drug-likeness (QED) is 0.912. The van der Waals surface area contributed by atoms with Crippen LogP contribution in [0.25, 0.3) is 11.1 Å². The monoisotopic (exact) mass is 277 g/mol. The van der Waals surface area contributed by atoms with Gasteiger partial charge in [-0.05, 0) is 24.1 Å². The fourth-order valence-electron chi connectivity index (χ4n) is 2.40. The summed E-state index contributed by atoms with van der Waals surface area (Å²) in [6.45, 7) is 6.34. The lowest BCUT2D eigenvalue weighted by molar-refractivity contribution is -0.138. The van der Waals surface area contributed by atoms with Crippen LogP contribution in [0.15, 0.2) is 27.4 Å². The molecule has 5 nitrogen and oxygen atoms in total. The molecule has 0 amide bonds. The number of carbonyl (C=O) groups is 1. The van der Waals surface area contributed by atoms with Gasteiger partial charge in [0.15, 0.2) is 5.58 Å². The van der Waals surface area contributed by atoms with E-state index in [1.54, 1.807) is 10.6 Å². The van der Waals surface area contributed by atoms with Crippen LogP contribution in [0, 0.1) is 0 Å². The van der Waals surface area contributed by atoms with Gasteiger partial charge in [-0.2, -0.15) is 0 Å². The number of hydrogen-bond acceptors (Lipinski definition) is 3. The Labute approximate surface area is 116 Å². The lowest BCUT2D eigenvalue weighted by Gasteiger charge is -2.22. The van der Waals surface area contributed by atoms with Crippen LogP contribution in [0.2, 0.25) is 0 Å². The second-order valence-corrected chi connectivity index (χ2v) is 5.66. The number of nitrogens with zero attached hydrogens (tertiary/aromatic N) is 1. The van der Waals surface area contributed by atoms with Crippen LogP contribution in [0.1, 0.15) is 39.2 Å². The van der Waals surface area contributed by atoms with Gasteiger partial charge in [0.05, 0.1) is 11.9 Å². The van der Waals surface area contributed by atoms with E-state index in [9.17, 15) is 9.59 Å². The Hall–Kier alpha value is -2.04. The maximum absolute atomic E-state index is 11.8. The molecule has 0 aliphatic rings. The third-order valence-electron chi connectivity index (χ3n) is 3.49. The van der Waals surface area contributed by atoms with E-state index in [1.807, 2.05) is 32.9 Å². The van der Waals surface area contributed by atoms with Gasteiger partial charge in [0, 0.05) is 12.0 Å². The molecular weight excluding hydrogens is 258 g/mol. The van der Waals surface area contributed by atoms with Crippen molar-refractivity contribution in [1.82, 2.24) is 4.57 Å². The van der Waals surface area contributed by atoms with Crippen molar-refractivity contribution in [3.63, 3.8) is 0 Å². The summed E-state index contributed by atoms with van der Waals surface area (Å²) < 4.78 is 6.85. The highest BCUT2D eigenvalue weighted by Crippen LogP contribution is 2.29. The molecule has 0 spiro atoms. The number of carboxylic acid groups (broad SMARTS) is 1. The average Bonchev–Trinajstić information content (AvgIpc) is 2.64. The minimum atomic E-state index is -0.847. The zero-order valence-corrected chi connectivity index (χ0v) is 12.0. The maximum Gasteiger partial charge on any atom is 0.419 e. The Kier molecular flexibility index (Phi) is 3.70. The Morgan fingerprint density at radius 2 is 2.10 bits per heavy atom. The molecule has 0 fully saturated rings. The smallest absolute Gasteiger partial charge is 0.419 e. The summed E-state index contributed by atoms with van der Waals surface area (Å²) >= 11 is 0. The molecule has 0 aliphatic heterocycles.